The molecule has 0 fully saturated rings. The van der Waals surface area contributed by atoms with Crippen molar-refractivity contribution in [2.45, 2.75) is 62.3 Å². The number of carbonyl (C=O) groups is 2. The molecule has 2 aliphatic heterocycles. The Labute approximate surface area is 244 Å². The van der Waals surface area contributed by atoms with Crippen molar-refractivity contribution in [3.63, 3.8) is 0 Å². The Balaban J connectivity index is 0.000000288. The Morgan fingerprint density at radius 3 is 1.60 bits per heavy atom. The minimum atomic E-state index is -0.406. The van der Waals surface area contributed by atoms with Crippen LogP contribution >= 0.6 is 11.6 Å². The Bertz CT molecular complexity index is 1090. The molecule has 224 valence electrons. The first-order valence-corrected chi connectivity index (χ1v) is 13.8. The molecule has 2 aromatic carbocycles. The lowest BCUT2D eigenvalue weighted by Crippen LogP contribution is -2.27. The third-order valence-electron chi connectivity index (χ3n) is 5.64. The van der Waals surface area contributed by atoms with Gasteiger partial charge in [-0.25, -0.2) is 0 Å². The lowest BCUT2D eigenvalue weighted by Gasteiger charge is -2.17. The van der Waals surface area contributed by atoms with E-state index in [0.717, 1.165) is 17.2 Å². The summed E-state index contributed by atoms with van der Waals surface area (Å²) in [4.78, 5) is 24.4. The highest BCUT2D eigenvalue weighted by Crippen LogP contribution is 2.35. The number of halogens is 1. The highest BCUT2D eigenvalue weighted by Gasteiger charge is 2.22. The topological polar surface area (TPSA) is 112 Å². The zero-order valence-corrected chi connectivity index (χ0v) is 26.1. The molecule has 0 aliphatic carbocycles. The number of nitrogens with one attached hydrogen (secondary N) is 1. The third kappa shape index (κ3) is 12.3. The quantitative estimate of drug-likeness (QED) is 0.310. The van der Waals surface area contributed by atoms with Gasteiger partial charge in [-0.15, -0.1) is 0 Å². The number of hydrogen-bond donors (Lipinski definition) is 2. The van der Waals surface area contributed by atoms with Gasteiger partial charge in [0.15, 0.2) is 23.0 Å². The first-order valence-electron chi connectivity index (χ1n) is 13.4. The Hall–Kier alpha value is -3.17. The van der Waals surface area contributed by atoms with Crippen LogP contribution in [0.2, 0.25) is 0 Å². The minimum Gasteiger partial charge on any atom is -0.454 e. The van der Waals surface area contributed by atoms with Crippen molar-refractivity contribution in [1.82, 2.24) is 4.90 Å². The molecule has 40 heavy (non-hydrogen) atoms. The normalized spacial score (nSPS) is 12.7. The number of nitrogens with zero attached hydrogens (tertiary/aromatic N) is 1. The van der Waals surface area contributed by atoms with Crippen LogP contribution in [0.4, 0.5) is 11.4 Å². The minimum absolute atomic E-state index is 0.0219. The summed E-state index contributed by atoms with van der Waals surface area (Å²) in [5, 5.41) is 2.55. The number of hydrogen-bond acceptors (Lipinski definition) is 8. The molecule has 0 aromatic heterocycles. The van der Waals surface area contributed by atoms with Gasteiger partial charge in [-0.05, 0) is 55.5 Å². The predicted octanol–water partition coefficient (Wildman–Crippen LogP) is 6.54. The van der Waals surface area contributed by atoms with Crippen molar-refractivity contribution in [3.05, 3.63) is 36.4 Å². The summed E-state index contributed by atoms with van der Waals surface area (Å²) in [7, 11) is 0. The van der Waals surface area contributed by atoms with Gasteiger partial charge in [0.05, 0.1) is 0 Å². The molecule has 0 unspecified atom stereocenters. The van der Waals surface area contributed by atoms with Crippen LogP contribution in [0.1, 0.15) is 62.3 Å². The molecule has 0 saturated heterocycles. The molecule has 0 bridgehead atoms. The van der Waals surface area contributed by atoms with Crippen molar-refractivity contribution >= 4 is 34.1 Å². The van der Waals surface area contributed by atoms with Crippen LogP contribution in [0.3, 0.4) is 0 Å². The molecule has 4 rings (SSSR count). The summed E-state index contributed by atoms with van der Waals surface area (Å²) in [5.41, 5.74) is 6.14. The average molecular weight is 580 g/mol. The standard InChI is InChI=1S/C12H15NO3.C7H7NO2.C6H15N.C5H9ClO/c1-12(2,3)11(14)13-8-4-5-9-10(6-8)16-7-15-9;8-5-1-2-6-7(3-5)10-4-9-6;1-4-7(5-2)6-3;1-5(2,3)4(6)7/h4-6H,7H2,1-3H3,(H,13,14);1-3H,4,8H2;4-6H2,1-3H3;1-3H3. The van der Waals surface area contributed by atoms with Crippen LogP contribution in [0.25, 0.3) is 0 Å². The molecule has 0 saturated carbocycles. The third-order valence-corrected chi connectivity index (χ3v) is 6.21. The Morgan fingerprint density at radius 1 is 0.775 bits per heavy atom. The van der Waals surface area contributed by atoms with Crippen molar-refractivity contribution in [1.29, 1.82) is 0 Å². The Morgan fingerprint density at radius 2 is 1.20 bits per heavy atom. The summed E-state index contributed by atoms with van der Waals surface area (Å²) in [6.07, 6.45) is 0. The van der Waals surface area contributed by atoms with Gasteiger partial charge in [0.25, 0.3) is 0 Å². The maximum Gasteiger partial charge on any atom is 0.231 e. The van der Waals surface area contributed by atoms with Crippen molar-refractivity contribution in [3.8, 4) is 23.0 Å². The van der Waals surface area contributed by atoms with E-state index in [-0.39, 0.29) is 23.4 Å². The van der Waals surface area contributed by atoms with Gasteiger partial charge in [0.1, 0.15) is 0 Å². The van der Waals surface area contributed by atoms with E-state index >= 15 is 0 Å². The average Bonchev–Trinajstić information content (AvgIpc) is 3.54. The molecule has 0 radical (unpaired) electrons. The van der Waals surface area contributed by atoms with Gasteiger partial charge < -0.3 is 34.9 Å². The van der Waals surface area contributed by atoms with Gasteiger partial charge in [-0.1, -0.05) is 62.3 Å². The molecule has 9 nitrogen and oxygen atoms in total. The van der Waals surface area contributed by atoms with E-state index in [0.29, 0.717) is 24.0 Å². The largest absolute Gasteiger partial charge is 0.454 e. The highest BCUT2D eigenvalue weighted by molar-refractivity contribution is 6.64. The number of nitrogens with two attached hydrogens (primary N) is 1. The van der Waals surface area contributed by atoms with Crippen molar-refractivity contribution in [2.75, 3.05) is 44.3 Å². The second-order valence-corrected chi connectivity index (χ2v) is 11.4. The number of fused-ring (bicyclic) bond motifs is 2. The van der Waals surface area contributed by atoms with E-state index in [2.05, 4.69) is 31.0 Å². The molecular formula is C30H46ClN3O6. The van der Waals surface area contributed by atoms with Gasteiger partial charge in [0.2, 0.25) is 24.7 Å². The number of benzene rings is 2. The molecule has 2 aromatic rings. The summed E-state index contributed by atoms with van der Waals surface area (Å²) in [6, 6.07) is 10.7. The zero-order valence-electron chi connectivity index (χ0n) is 25.4. The maximum absolute atomic E-state index is 11.8. The first-order chi connectivity index (χ1) is 18.6. The molecular weight excluding hydrogens is 534 g/mol. The van der Waals surface area contributed by atoms with Crippen molar-refractivity contribution < 1.29 is 28.5 Å². The van der Waals surface area contributed by atoms with E-state index in [1.54, 1.807) is 57.2 Å². The smallest absolute Gasteiger partial charge is 0.231 e. The van der Waals surface area contributed by atoms with Crippen LogP contribution in [-0.2, 0) is 9.59 Å². The van der Waals surface area contributed by atoms with Crippen LogP contribution in [0, 0.1) is 10.8 Å². The molecule has 2 aliphatic rings. The number of amides is 1. The maximum atomic E-state index is 11.8. The lowest BCUT2D eigenvalue weighted by atomic mass is 9.95. The van der Waals surface area contributed by atoms with Crippen LogP contribution in [0.5, 0.6) is 23.0 Å². The fourth-order valence-corrected chi connectivity index (χ4v) is 2.88. The molecule has 3 N–H and O–H groups in total. The van der Waals surface area contributed by atoms with Crippen LogP contribution in [-0.4, -0.2) is 49.3 Å². The van der Waals surface area contributed by atoms with E-state index < -0.39 is 5.41 Å². The van der Waals surface area contributed by atoms with Gasteiger partial charge in [-0.3, -0.25) is 9.59 Å². The first kappa shape index (κ1) is 34.9. The number of ether oxygens (including phenoxy) is 4. The van der Waals surface area contributed by atoms with E-state index in [9.17, 15) is 9.59 Å². The van der Waals surface area contributed by atoms with E-state index in [1.165, 1.54) is 19.6 Å². The Kier molecular flexibility index (Phi) is 14.1. The van der Waals surface area contributed by atoms with Crippen molar-refractivity contribution in [2.24, 2.45) is 10.8 Å². The predicted molar refractivity (Wildman–Crippen MR) is 161 cm³/mol. The van der Waals surface area contributed by atoms with Gasteiger partial charge in [0, 0.05) is 34.3 Å². The number of carbonyl (C=O) groups excluding carboxylic acids is 2. The molecule has 0 spiro atoms. The van der Waals surface area contributed by atoms with Gasteiger partial charge in [-0.2, -0.15) is 0 Å². The molecule has 2 heterocycles. The van der Waals surface area contributed by atoms with E-state index in [4.69, 9.17) is 36.3 Å². The second-order valence-electron chi connectivity index (χ2n) is 11.0. The zero-order chi connectivity index (χ0) is 30.5. The van der Waals surface area contributed by atoms with Gasteiger partial charge >= 0.3 is 0 Å². The monoisotopic (exact) mass is 579 g/mol. The number of nitrogen functional groups attached to an aromatic ring is 1. The second kappa shape index (κ2) is 16.2. The molecule has 10 heteroatoms. The summed E-state index contributed by atoms with van der Waals surface area (Å²) in [6.45, 7) is 21.6. The molecule has 1 amide bonds. The molecule has 0 atom stereocenters. The number of anilines is 2. The summed E-state index contributed by atoms with van der Waals surface area (Å²) >= 11 is 5.11. The fourth-order valence-electron chi connectivity index (χ4n) is 2.88. The van der Waals surface area contributed by atoms with Crippen LogP contribution in [0.15, 0.2) is 36.4 Å². The SMILES string of the molecule is CC(C)(C)C(=O)Cl.CC(C)(C)C(=O)Nc1ccc2c(c1)OCO2.CCN(CC)CC.Nc1ccc2c(c1)OCO2. The summed E-state index contributed by atoms with van der Waals surface area (Å²) in [5.74, 6) is 2.88. The number of rotatable bonds is 4. The fraction of sp³-hybridized carbons (Fsp3) is 0.533. The van der Waals surface area contributed by atoms with Crippen LogP contribution < -0.4 is 30.0 Å². The summed E-state index contributed by atoms with van der Waals surface area (Å²) < 4.78 is 20.6. The lowest BCUT2D eigenvalue weighted by molar-refractivity contribution is -0.123. The highest BCUT2D eigenvalue weighted by atomic mass is 35.5. The van der Waals surface area contributed by atoms with E-state index in [1.807, 2.05) is 20.8 Å².